The number of hydrogen-bond donors (Lipinski definition) is 1. The summed E-state index contributed by atoms with van der Waals surface area (Å²) < 4.78 is 12.2. The van der Waals surface area contributed by atoms with Gasteiger partial charge in [0.1, 0.15) is 11.8 Å². The van der Waals surface area contributed by atoms with E-state index in [4.69, 9.17) is 26.8 Å². The molecule has 2 N–H and O–H groups in total. The zero-order valence-corrected chi connectivity index (χ0v) is 11.6. The van der Waals surface area contributed by atoms with Crippen LogP contribution in [0.15, 0.2) is 6.20 Å². The average Bonchev–Trinajstić information content (AvgIpc) is 3.02. The highest BCUT2D eigenvalue weighted by atomic mass is 35.5. The van der Waals surface area contributed by atoms with E-state index in [1.807, 2.05) is 0 Å². The number of ether oxygens (including phenoxy) is 2. The first-order valence-corrected chi connectivity index (χ1v) is 6.65. The third-order valence-electron chi connectivity index (χ3n) is 3.20. The van der Waals surface area contributed by atoms with Crippen LogP contribution in [0.5, 0.6) is 0 Å². The fraction of sp³-hybridized carbons (Fsp3) is 0.667. The molecule has 2 unspecified atom stereocenters. The maximum atomic E-state index is 12.4. The predicted molar refractivity (Wildman–Crippen MR) is 70.4 cm³/mol. The molecule has 19 heavy (non-hydrogen) atoms. The standard InChI is InChI=1S/C12H18ClN3O3/c1-18-5-4-16-11(9(13)7-15-16)12(17)10-3-2-8(6-14)19-10/h7-8,10H,2-6,14H2,1H3. The molecular weight excluding hydrogens is 270 g/mol. The number of aromatic nitrogens is 2. The molecule has 0 aliphatic carbocycles. The molecule has 2 atom stereocenters. The van der Waals surface area contributed by atoms with Crippen molar-refractivity contribution in [1.82, 2.24) is 9.78 Å². The van der Waals surface area contributed by atoms with Gasteiger partial charge in [-0.2, -0.15) is 5.10 Å². The van der Waals surface area contributed by atoms with Gasteiger partial charge >= 0.3 is 0 Å². The molecule has 1 aromatic rings. The zero-order valence-electron chi connectivity index (χ0n) is 10.8. The summed E-state index contributed by atoms with van der Waals surface area (Å²) in [6.45, 7) is 1.38. The summed E-state index contributed by atoms with van der Waals surface area (Å²) in [6.07, 6.45) is 2.44. The molecular formula is C12H18ClN3O3. The van der Waals surface area contributed by atoms with Crippen molar-refractivity contribution in [3.8, 4) is 0 Å². The molecule has 2 rings (SSSR count). The summed E-state index contributed by atoms with van der Waals surface area (Å²) in [4.78, 5) is 12.4. The Balaban J connectivity index is 2.12. The maximum Gasteiger partial charge on any atom is 0.211 e. The second kappa shape index (κ2) is 6.47. The van der Waals surface area contributed by atoms with E-state index in [2.05, 4.69) is 5.10 Å². The van der Waals surface area contributed by atoms with E-state index >= 15 is 0 Å². The van der Waals surface area contributed by atoms with Gasteiger partial charge in [-0.3, -0.25) is 9.48 Å². The molecule has 0 spiro atoms. The fourth-order valence-electron chi connectivity index (χ4n) is 2.18. The number of methoxy groups -OCH3 is 1. The van der Waals surface area contributed by atoms with Crippen molar-refractivity contribution in [2.45, 2.75) is 31.6 Å². The summed E-state index contributed by atoms with van der Waals surface area (Å²) in [5, 5.41) is 4.44. The number of halogens is 1. The second-order valence-electron chi connectivity index (χ2n) is 4.48. The van der Waals surface area contributed by atoms with Crippen LogP contribution in [0.1, 0.15) is 23.3 Å². The summed E-state index contributed by atoms with van der Waals surface area (Å²) in [7, 11) is 1.60. The molecule has 0 amide bonds. The molecule has 1 aromatic heterocycles. The number of carbonyl (C=O) groups excluding carboxylic acids is 1. The van der Waals surface area contributed by atoms with Gasteiger partial charge in [0.05, 0.1) is 30.5 Å². The van der Waals surface area contributed by atoms with Crippen LogP contribution < -0.4 is 5.73 Å². The number of nitrogens with two attached hydrogens (primary N) is 1. The Morgan fingerprint density at radius 3 is 3.11 bits per heavy atom. The molecule has 2 heterocycles. The van der Waals surface area contributed by atoms with Crippen LogP contribution in [0, 0.1) is 0 Å². The molecule has 0 bridgehead atoms. The number of hydrogen-bond acceptors (Lipinski definition) is 5. The normalized spacial score (nSPS) is 22.9. The maximum absolute atomic E-state index is 12.4. The lowest BCUT2D eigenvalue weighted by Crippen LogP contribution is -2.27. The molecule has 1 saturated heterocycles. The third-order valence-corrected chi connectivity index (χ3v) is 3.47. The SMILES string of the molecule is COCCn1ncc(Cl)c1C(=O)C1CCC(CN)O1. The fourth-order valence-corrected chi connectivity index (χ4v) is 2.41. The van der Waals surface area contributed by atoms with Crippen molar-refractivity contribution in [3.05, 3.63) is 16.9 Å². The van der Waals surface area contributed by atoms with Gasteiger partial charge in [0.15, 0.2) is 0 Å². The van der Waals surface area contributed by atoms with Crippen molar-refractivity contribution in [3.63, 3.8) is 0 Å². The molecule has 0 saturated carbocycles. The lowest BCUT2D eigenvalue weighted by atomic mass is 10.1. The van der Waals surface area contributed by atoms with Crippen LogP contribution in [-0.2, 0) is 16.0 Å². The van der Waals surface area contributed by atoms with Gasteiger partial charge in [0, 0.05) is 13.7 Å². The summed E-state index contributed by atoms with van der Waals surface area (Å²) in [6, 6.07) is 0. The number of Topliss-reactive ketones (excluding diaryl/α,β-unsaturated/α-hetero) is 1. The van der Waals surface area contributed by atoms with Crippen molar-refractivity contribution < 1.29 is 14.3 Å². The predicted octanol–water partition coefficient (Wildman–Crippen LogP) is 0.872. The minimum atomic E-state index is -0.468. The quantitative estimate of drug-likeness (QED) is 0.786. The topological polar surface area (TPSA) is 79.4 Å². The van der Waals surface area contributed by atoms with E-state index in [9.17, 15) is 4.79 Å². The largest absolute Gasteiger partial charge is 0.383 e. The van der Waals surface area contributed by atoms with Crippen molar-refractivity contribution in [2.75, 3.05) is 20.3 Å². The average molecular weight is 288 g/mol. The first kappa shape index (κ1) is 14.5. The van der Waals surface area contributed by atoms with Crippen LogP contribution in [-0.4, -0.2) is 48.0 Å². The van der Waals surface area contributed by atoms with E-state index in [1.165, 1.54) is 6.20 Å². The molecule has 1 fully saturated rings. The molecule has 1 aliphatic rings. The van der Waals surface area contributed by atoms with Crippen LogP contribution >= 0.6 is 11.6 Å². The van der Waals surface area contributed by atoms with Crippen LogP contribution in [0.2, 0.25) is 5.02 Å². The number of rotatable bonds is 6. The van der Waals surface area contributed by atoms with Crippen LogP contribution in [0.4, 0.5) is 0 Å². The van der Waals surface area contributed by atoms with Gasteiger partial charge < -0.3 is 15.2 Å². The Bertz CT molecular complexity index is 449. The molecule has 7 heteroatoms. The summed E-state index contributed by atoms with van der Waals surface area (Å²) in [5.41, 5.74) is 5.93. The van der Waals surface area contributed by atoms with Crippen LogP contribution in [0.3, 0.4) is 0 Å². The van der Waals surface area contributed by atoms with Crippen LogP contribution in [0.25, 0.3) is 0 Å². The molecule has 1 aliphatic heterocycles. The minimum absolute atomic E-state index is 0.0388. The van der Waals surface area contributed by atoms with Gasteiger partial charge in [-0.05, 0) is 12.8 Å². The first-order chi connectivity index (χ1) is 9.17. The Hall–Kier alpha value is -0.950. The van der Waals surface area contributed by atoms with E-state index in [0.717, 1.165) is 6.42 Å². The first-order valence-electron chi connectivity index (χ1n) is 6.27. The highest BCUT2D eigenvalue weighted by molar-refractivity contribution is 6.33. The minimum Gasteiger partial charge on any atom is -0.383 e. The van der Waals surface area contributed by atoms with Crippen molar-refractivity contribution in [1.29, 1.82) is 0 Å². The van der Waals surface area contributed by atoms with Crippen molar-refractivity contribution in [2.24, 2.45) is 5.73 Å². The van der Waals surface area contributed by atoms with E-state index < -0.39 is 6.10 Å². The summed E-state index contributed by atoms with van der Waals surface area (Å²) >= 11 is 6.04. The van der Waals surface area contributed by atoms with Crippen molar-refractivity contribution >= 4 is 17.4 Å². The van der Waals surface area contributed by atoms with Gasteiger partial charge in [-0.15, -0.1) is 0 Å². The van der Waals surface area contributed by atoms with E-state index in [-0.39, 0.29) is 11.9 Å². The van der Waals surface area contributed by atoms with Gasteiger partial charge in [-0.1, -0.05) is 11.6 Å². The third kappa shape index (κ3) is 3.14. The van der Waals surface area contributed by atoms with Gasteiger partial charge in [0.2, 0.25) is 5.78 Å². The highest BCUT2D eigenvalue weighted by Crippen LogP contribution is 2.25. The van der Waals surface area contributed by atoms with Gasteiger partial charge in [0.25, 0.3) is 0 Å². The molecule has 6 nitrogen and oxygen atoms in total. The van der Waals surface area contributed by atoms with E-state index in [0.29, 0.717) is 36.8 Å². The number of ketones is 1. The molecule has 106 valence electrons. The lowest BCUT2D eigenvalue weighted by Gasteiger charge is -2.13. The Morgan fingerprint density at radius 2 is 2.47 bits per heavy atom. The monoisotopic (exact) mass is 287 g/mol. The Labute approximate surface area is 116 Å². The van der Waals surface area contributed by atoms with Gasteiger partial charge in [-0.25, -0.2) is 0 Å². The molecule has 0 radical (unpaired) electrons. The zero-order chi connectivity index (χ0) is 13.8. The highest BCUT2D eigenvalue weighted by Gasteiger charge is 2.33. The Morgan fingerprint density at radius 1 is 1.68 bits per heavy atom. The summed E-state index contributed by atoms with van der Waals surface area (Å²) in [5.74, 6) is -0.130. The molecule has 0 aromatic carbocycles. The Kier molecular flexibility index (Phi) is 4.93. The number of nitrogens with zero attached hydrogens (tertiary/aromatic N) is 2. The lowest BCUT2D eigenvalue weighted by molar-refractivity contribution is 0.0394. The smallest absolute Gasteiger partial charge is 0.211 e. The second-order valence-corrected chi connectivity index (χ2v) is 4.89. The van der Waals surface area contributed by atoms with E-state index in [1.54, 1.807) is 11.8 Å². The number of carbonyl (C=O) groups is 1.